The van der Waals surface area contributed by atoms with Crippen molar-refractivity contribution >= 4 is 5.82 Å². The Morgan fingerprint density at radius 3 is 2.69 bits per heavy atom. The van der Waals surface area contributed by atoms with E-state index in [4.69, 9.17) is 10.7 Å². The average molecular weight is 221 g/mol. The number of hydrogen-bond donors (Lipinski definition) is 1. The molecule has 1 aliphatic rings. The highest BCUT2D eigenvalue weighted by atomic mass is 15.2. The molecular formula is C13H23N3. The lowest BCUT2D eigenvalue weighted by molar-refractivity contribution is 0.430. The molecule has 3 nitrogen and oxygen atoms in total. The van der Waals surface area contributed by atoms with Crippen LogP contribution in [0.1, 0.15) is 69.9 Å². The van der Waals surface area contributed by atoms with Gasteiger partial charge >= 0.3 is 0 Å². The lowest BCUT2D eigenvalue weighted by Gasteiger charge is -2.22. The normalized spacial score (nSPS) is 20.1. The van der Waals surface area contributed by atoms with Crippen LogP contribution in [-0.4, -0.2) is 9.55 Å². The molecule has 0 aromatic carbocycles. The standard InChI is InChI=1S/C13H23N3/c1-4-10(5-2)12-13(14)16-9(3)7-6-8-11(16)15-12/h9-10H,4-8,14H2,1-3H3. The van der Waals surface area contributed by atoms with Gasteiger partial charge in [0.05, 0.1) is 5.69 Å². The van der Waals surface area contributed by atoms with Crippen molar-refractivity contribution in [2.24, 2.45) is 0 Å². The van der Waals surface area contributed by atoms with Crippen molar-refractivity contribution in [3.8, 4) is 0 Å². The maximum absolute atomic E-state index is 6.27. The number of aromatic nitrogens is 2. The van der Waals surface area contributed by atoms with Gasteiger partial charge in [-0.15, -0.1) is 0 Å². The summed E-state index contributed by atoms with van der Waals surface area (Å²) in [5.74, 6) is 2.67. The third-order valence-electron chi connectivity index (χ3n) is 3.88. The molecular weight excluding hydrogens is 198 g/mol. The summed E-state index contributed by atoms with van der Waals surface area (Å²) in [4.78, 5) is 4.78. The van der Waals surface area contributed by atoms with Crippen molar-refractivity contribution in [3.63, 3.8) is 0 Å². The SMILES string of the molecule is CCC(CC)c1nc2n(c1N)C(C)CCC2. The molecule has 0 saturated heterocycles. The van der Waals surface area contributed by atoms with Crippen LogP contribution >= 0.6 is 0 Å². The van der Waals surface area contributed by atoms with Crippen LogP contribution < -0.4 is 5.73 Å². The molecule has 0 fully saturated rings. The minimum Gasteiger partial charge on any atom is -0.384 e. The number of nitrogen functional groups attached to an aromatic ring is 1. The van der Waals surface area contributed by atoms with E-state index >= 15 is 0 Å². The number of rotatable bonds is 3. The molecule has 1 atom stereocenters. The molecule has 0 radical (unpaired) electrons. The Hall–Kier alpha value is -0.990. The molecule has 1 aromatic rings. The fourth-order valence-corrected chi connectivity index (χ4v) is 2.84. The van der Waals surface area contributed by atoms with E-state index < -0.39 is 0 Å². The third kappa shape index (κ3) is 1.72. The Bertz CT molecular complexity index is 363. The van der Waals surface area contributed by atoms with Crippen LogP contribution in [0.25, 0.3) is 0 Å². The lowest BCUT2D eigenvalue weighted by atomic mass is 9.99. The van der Waals surface area contributed by atoms with Crippen molar-refractivity contribution in [1.82, 2.24) is 9.55 Å². The first kappa shape index (κ1) is 11.5. The highest BCUT2D eigenvalue weighted by Crippen LogP contribution is 2.34. The second-order valence-electron chi connectivity index (χ2n) is 4.92. The van der Waals surface area contributed by atoms with Crippen LogP contribution in [0, 0.1) is 0 Å². The van der Waals surface area contributed by atoms with Crippen LogP contribution in [0.3, 0.4) is 0 Å². The fraction of sp³-hybridized carbons (Fsp3) is 0.769. The second kappa shape index (κ2) is 4.48. The van der Waals surface area contributed by atoms with E-state index in [-0.39, 0.29) is 0 Å². The Kier molecular flexibility index (Phi) is 3.22. The largest absolute Gasteiger partial charge is 0.384 e. The molecule has 1 aliphatic heterocycles. The van der Waals surface area contributed by atoms with Gasteiger partial charge in [-0.05, 0) is 32.6 Å². The zero-order valence-electron chi connectivity index (χ0n) is 10.7. The van der Waals surface area contributed by atoms with Crippen LogP contribution in [0.4, 0.5) is 5.82 Å². The topological polar surface area (TPSA) is 43.8 Å². The highest BCUT2D eigenvalue weighted by Gasteiger charge is 2.25. The van der Waals surface area contributed by atoms with E-state index in [1.807, 2.05) is 0 Å². The molecule has 0 amide bonds. The Labute approximate surface area is 98.1 Å². The summed E-state index contributed by atoms with van der Waals surface area (Å²) in [6.45, 7) is 6.68. The van der Waals surface area contributed by atoms with E-state index in [0.717, 1.165) is 30.8 Å². The predicted octanol–water partition coefficient (Wildman–Crippen LogP) is 3.27. The van der Waals surface area contributed by atoms with E-state index in [0.29, 0.717) is 12.0 Å². The minimum absolute atomic E-state index is 0.527. The predicted molar refractivity (Wildman–Crippen MR) is 67.6 cm³/mol. The van der Waals surface area contributed by atoms with E-state index in [2.05, 4.69) is 25.3 Å². The highest BCUT2D eigenvalue weighted by molar-refractivity contribution is 5.41. The van der Waals surface area contributed by atoms with Crippen LogP contribution in [0.2, 0.25) is 0 Å². The van der Waals surface area contributed by atoms with Gasteiger partial charge in [-0.1, -0.05) is 13.8 Å². The first-order valence-corrected chi connectivity index (χ1v) is 6.55. The van der Waals surface area contributed by atoms with Gasteiger partial charge in [0.2, 0.25) is 0 Å². The summed E-state index contributed by atoms with van der Waals surface area (Å²) in [5, 5.41) is 0. The van der Waals surface area contributed by atoms with Crippen molar-refractivity contribution in [2.45, 2.75) is 64.8 Å². The molecule has 0 spiro atoms. The molecule has 0 saturated carbocycles. The van der Waals surface area contributed by atoms with Gasteiger partial charge in [0.15, 0.2) is 0 Å². The van der Waals surface area contributed by atoms with Gasteiger partial charge in [-0.25, -0.2) is 4.98 Å². The molecule has 0 bridgehead atoms. The Balaban J connectivity index is 2.41. The fourth-order valence-electron chi connectivity index (χ4n) is 2.84. The molecule has 3 heteroatoms. The van der Waals surface area contributed by atoms with Gasteiger partial charge in [0.1, 0.15) is 11.6 Å². The van der Waals surface area contributed by atoms with E-state index in [1.165, 1.54) is 18.7 Å². The summed E-state index contributed by atoms with van der Waals surface area (Å²) in [6.07, 6.45) is 5.83. The zero-order valence-corrected chi connectivity index (χ0v) is 10.7. The molecule has 2 N–H and O–H groups in total. The number of hydrogen-bond acceptors (Lipinski definition) is 2. The first-order chi connectivity index (χ1) is 7.69. The Morgan fingerprint density at radius 2 is 2.12 bits per heavy atom. The molecule has 2 rings (SSSR count). The molecule has 0 aliphatic carbocycles. The minimum atomic E-state index is 0.527. The number of nitrogens with zero attached hydrogens (tertiary/aromatic N) is 2. The maximum atomic E-state index is 6.27. The van der Waals surface area contributed by atoms with E-state index in [1.54, 1.807) is 0 Å². The smallest absolute Gasteiger partial charge is 0.127 e. The van der Waals surface area contributed by atoms with Crippen LogP contribution in [0.15, 0.2) is 0 Å². The van der Waals surface area contributed by atoms with Gasteiger partial charge in [-0.2, -0.15) is 0 Å². The summed E-state index contributed by atoms with van der Waals surface area (Å²) < 4.78 is 2.26. The summed E-state index contributed by atoms with van der Waals surface area (Å²) in [6, 6.07) is 0.527. The van der Waals surface area contributed by atoms with Gasteiger partial charge < -0.3 is 10.3 Å². The van der Waals surface area contributed by atoms with Crippen molar-refractivity contribution < 1.29 is 0 Å². The molecule has 16 heavy (non-hydrogen) atoms. The monoisotopic (exact) mass is 221 g/mol. The van der Waals surface area contributed by atoms with Gasteiger partial charge in [0, 0.05) is 18.4 Å². The van der Waals surface area contributed by atoms with Crippen LogP contribution in [-0.2, 0) is 6.42 Å². The molecule has 90 valence electrons. The Morgan fingerprint density at radius 1 is 1.44 bits per heavy atom. The lowest BCUT2D eigenvalue weighted by Crippen LogP contribution is -2.17. The number of nitrogens with two attached hydrogens (primary N) is 1. The molecule has 1 aromatic heterocycles. The maximum Gasteiger partial charge on any atom is 0.127 e. The summed E-state index contributed by atoms with van der Waals surface area (Å²) in [5.41, 5.74) is 7.41. The van der Waals surface area contributed by atoms with Crippen molar-refractivity contribution in [2.75, 3.05) is 5.73 Å². The average Bonchev–Trinajstić information content (AvgIpc) is 2.60. The molecule has 1 unspecified atom stereocenters. The van der Waals surface area contributed by atoms with E-state index in [9.17, 15) is 0 Å². The summed E-state index contributed by atoms with van der Waals surface area (Å²) >= 11 is 0. The first-order valence-electron chi connectivity index (χ1n) is 6.55. The van der Waals surface area contributed by atoms with Gasteiger partial charge in [-0.3, -0.25) is 0 Å². The number of fused-ring (bicyclic) bond motifs is 1. The third-order valence-corrected chi connectivity index (χ3v) is 3.88. The summed E-state index contributed by atoms with van der Waals surface area (Å²) in [7, 11) is 0. The second-order valence-corrected chi connectivity index (χ2v) is 4.92. The number of aryl methyl sites for hydroxylation is 1. The van der Waals surface area contributed by atoms with Crippen molar-refractivity contribution in [1.29, 1.82) is 0 Å². The zero-order chi connectivity index (χ0) is 11.7. The number of anilines is 1. The van der Waals surface area contributed by atoms with Crippen LogP contribution in [0.5, 0.6) is 0 Å². The van der Waals surface area contributed by atoms with Gasteiger partial charge in [0.25, 0.3) is 0 Å². The molecule has 2 heterocycles. The number of imidazole rings is 1. The quantitative estimate of drug-likeness (QED) is 0.851. The van der Waals surface area contributed by atoms with Crippen molar-refractivity contribution in [3.05, 3.63) is 11.5 Å².